The third kappa shape index (κ3) is 3.29. The Hall–Kier alpha value is -1.89. The van der Waals surface area contributed by atoms with Crippen LogP contribution in [0.15, 0.2) is 6.20 Å². The summed E-state index contributed by atoms with van der Waals surface area (Å²) in [5.74, 6) is -0.237. The number of carbonyl (C=O) groups is 2. The predicted octanol–water partition coefficient (Wildman–Crippen LogP) is 0.610. The molecule has 3 aliphatic rings. The van der Waals surface area contributed by atoms with Gasteiger partial charge >= 0.3 is 11.8 Å². The minimum atomic E-state index is -0.462. The molecule has 2 saturated heterocycles. The van der Waals surface area contributed by atoms with Crippen molar-refractivity contribution < 1.29 is 9.59 Å². The van der Waals surface area contributed by atoms with Gasteiger partial charge in [0, 0.05) is 57.4 Å². The summed E-state index contributed by atoms with van der Waals surface area (Å²) in [4.78, 5) is 27.6. The second-order valence-corrected chi connectivity index (χ2v) is 7.65. The van der Waals surface area contributed by atoms with E-state index in [1.54, 1.807) is 4.90 Å². The van der Waals surface area contributed by atoms with Gasteiger partial charge in [-0.2, -0.15) is 5.10 Å². The average molecular weight is 345 g/mol. The number of rotatable bonds is 3. The van der Waals surface area contributed by atoms with Crippen LogP contribution in [0.2, 0.25) is 0 Å². The van der Waals surface area contributed by atoms with Crippen LogP contribution >= 0.6 is 0 Å². The van der Waals surface area contributed by atoms with Crippen molar-refractivity contribution in [3.63, 3.8) is 0 Å². The third-order valence-electron chi connectivity index (χ3n) is 5.84. The Morgan fingerprint density at radius 3 is 2.80 bits per heavy atom. The van der Waals surface area contributed by atoms with Gasteiger partial charge in [0.05, 0.1) is 11.7 Å². The molecule has 0 unspecified atom stereocenters. The van der Waals surface area contributed by atoms with E-state index in [0.717, 1.165) is 19.6 Å². The molecule has 2 aliphatic heterocycles. The number of hydrogen-bond donors (Lipinski definition) is 1. The monoisotopic (exact) mass is 345 g/mol. The van der Waals surface area contributed by atoms with Crippen molar-refractivity contribution >= 4 is 11.8 Å². The van der Waals surface area contributed by atoms with Crippen LogP contribution in [0.25, 0.3) is 0 Å². The first-order chi connectivity index (χ1) is 12.1. The second-order valence-electron chi connectivity index (χ2n) is 7.65. The fourth-order valence-corrected chi connectivity index (χ4v) is 4.56. The van der Waals surface area contributed by atoms with Crippen molar-refractivity contribution in [1.82, 2.24) is 24.9 Å². The minimum absolute atomic E-state index is 0.0914. The predicted molar refractivity (Wildman–Crippen MR) is 92.8 cm³/mol. The van der Waals surface area contributed by atoms with Crippen molar-refractivity contribution in [2.45, 2.75) is 50.6 Å². The molecule has 7 nitrogen and oxygen atoms in total. The highest BCUT2D eigenvalue weighted by molar-refractivity contribution is 6.35. The molecule has 0 radical (unpaired) electrons. The number of aryl methyl sites for hydroxylation is 1. The van der Waals surface area contributed by atoms with E-state index in [4.69, 9.17) is 5.10 Å². The van der Waals surface area contributed by atoms with Crippen LogP contribution in [-0.2, 0) is 23.2 Å². The van der Waals surface area contributed by atoms with Gasteiger partial charge in [-0.1, -0.05) is 19.3 Å². The molecule has 1 aliphatic carbocycles. The second kappa shape index (κ2) is 6.78. The van der Waals surface area contributed by atoms with E-state index in [1.807, 2.05) is 11.7 Å². The summed E-state index contributed by atoms with van der Waals surface area (Å²) in [6, 6.07) is 0.0914. The number of aromatic nitrogens is 2. The lowest BCUT2D eigenvalue weighted by Crippen LogP contribution is -2.65. The van der Waals surface area contributed by atoms with Crippen molar-refractivity contribution in [2.75, 3.05) is 26.2 Å². The van der Waals surface area contributed by atoms with Gasteiger partial charge in [-0.05, 0) is 12.8 Å². The zero-order valence-corrected chi connectivity index (χ0v) is 14.9. The quantitative estimate of drug-likeness (QED) is 0.815. The molecule has 0 spiro atoms. The van der Waals surface area contributed by atoms with Crippen molar-refractivity contribution in [1.29, 1.82) is 0 Å². The third-order valence-corrected chi connectivity index (χ3v) is 5.84. The molecule has 1 atom stereocenters. The first-order valence-electron chi connectivity index (χ1n) is 9.45. The zero-order valence-electron chi connectivity index (χ0n) is 14.9. The Balaban J connectivity index is 1.45. The van der Waals surface area contributed by atoms with Gasteiger partial charge in [0.25, 0.3) is 0 Å². The normalized spacial score (nSPS) is 25.8. The van der Waals surface area contributed by atoms with Crippen LogP contribution in [0.3, 0.4) is 0 Å². The Kier molecular flexibility index (Phi) is 4.50. The van der Waals surface area contributed by atoms with E-state index in [2.05, 4.69) is 16.4 Å². The van der Waals surface area contributed by atoms with Crippen LogP contribution in [-0.4, -0.2) is 63.6 Å². The number of piperazine rings is 2. The van der Waals surface area contributed by atoms with Gasteiger partial charge in [-0.3, -0.25) is 19.2 Å². The molecule has 0 bridgehead atoms. The van der Waals surface area contributed by atoms with Gasteiger partial charge < -0.3 is 10.2 Å². The number of nitrogens with zero attached hydrogens (tertiary/aromatic N) is 4. The number of nitrogens with one attached hydrogen (secondary N) is 1. The molecule has 0 aromatic carbocycles. The lowest BCUT2D eigenvalue weighted by Gasteiger charge is -2.43. The summed E-state index contributed by atoms with van der Waals surface area (Å²) in [5, 5.41) is 7.48. The summed E-state index contributed by atoms with van der Waals surface area (Å²) < 4.78 is 1.94. The lowest BCUT2D eigenvalue weighted by atomic mass is 9.85. The van der Waals surface area contributed by atoms with Gasteiger partial charge in [-0.25, -0.2) is 0 Å². The van der Waals surface area contributed by atoms with E-state index in [1.165, 1.54) is 43.4 Å². The van der Waals surface area contributed by atoms with Crippen molar-refractivity contribution in [2.24, 2.45) is 7.05 Å². The number of amides is 2. The molecule has 2 amide bonds. The highest BCUT2D eigenvalue weighted by atomic mass is 16.2. The van der Waals surface area contributed by atoms with Crippen molar-refractivity contribution in [3.05, 3.63) is 17.5 Å². The van der Waals surface area contributed by atoms with Gasteiger partial charge in [0.2, 0.25) is 0 Å². The number of fused-ring (bicyclic) bond motifs is 1. The number of hydrogen-bond acceptors (Lipinski definition) is 4. The number of carbonyl (C=O) groups excluding carboxylic acids is 2. The van der Waals surface area contributed by atoms with E-state index in [9.17, 15) is 9.59 Å². The highest BCUT2D eigenvalue weighted by Gasteiger charge is 2.37. The Morgan fingerprint density at radius 2 is 2.00 bits per heavy atom. The molecule has 25 heavy (non-hydrogen) atoms. The molecule has 3 heterocycles. The fraction of sp³-hybridized carbons (Fsp3) is 0.722. The summed E-state index contributed by atoms with van der Waals surface area (Å²) in [7, 11) is 2.00. The van der Waals surface area contributed by atoms with E-state index >= 15 is 0 Å². The first kappa shape index (κ1) is 16.6. The molecule has 3 fully saturated rings. The largest absolute Gasteiger partial charge is 0.346 e. The molecular weight excluding hydrogens is 318 g/mol. The van der Waals surface area contributed by atoms with E-state index in [0.29, 0.717) is 19.0 Å². The van der Waals surface area contributed by atoms with Crippen LogP contribution < -0.4 is 5.32 Å². The molecule has 136 valence electrons. The molecule has 1 aromatic rings. The van der Waals surface area contributed by atoms with Crippen molar-refractivity contribution in [3.8, 4) is 0 Å². The Morgan fingerprint density at radius 1 is 1.20 bits per heavy atom. The summed E-state index contributed by atoms with van der Waals surface area (Å²) in [5.41, 5.74) is 2.60. The maximum absolute atomic E-state index is 12.0. The van der Waals surface area contributed by atoms with Gasteiger partial charge in [0.15, 0.2) is 0 Å². The Bertz CT molecular complexity index is 664. The topological polar surface area (TPSA) is 70.5 Å². The summed E-state index contributed by atoms with van der Waals surface area (Å²) >= 11 is 0. The van der Waals surface area contributed by atoms with Crippen LogP contribution in [0, 0.1) is 0 Å². The standard InChI is InChI=1S/C18H27N5O2/c1-21-10-14(16(20-21)13-5-3-2-4-6-13)11-22-7-8-23-15(12-22)9-19-17(24)18(23)25/h10,13,15H,2-9,11-12H2,1H3,(H,19,24)/t15-/m1/s1. The molecule has 1 saturated carbocycles. The molecule has 1 N–H and O–H groups in total. The smallest absolute Gasteiger partial charge is 0.312 e. The fourth-order valence-electron chi connectivity index (χ4n) is 4.56. The summed E-state index contributed by atoms with van der Waals surface area (Å²) in [6.07, 6.45) is 8.63. The van der Waals surface area contributed by atoms with Crippen LogP contribution in [0.1, 0.15) is 49.3 Å². The van der Waals surface area contributed by atoms with E-state index < -0.39 is 5.91 Å². The Labute approximate surface area is 148 Å². The van der Waals surface area contributed by atoms with Crippen LogP contribution in [0.4, 0.5) is 0 Å². The average Bonchev–Trinajstić information content (AvgIpc) is 2.99. The van der Waals surface area contributed by atoms with Crippen LogP contribution in [0.5, 0.6) is 0 Å². The molecular formula is C18H27N5O2. The summed E-state index contributed by atoms with van der Waals surface area (Å²) in [6.45, 7) is 3.70. The lowest BCUT2D eigenvalue weighted by molar-refractivity contribution is -0.152. The minimum Gasteiger partial charge on any atom is -0.346 e. The highest BCUT2D eigenvalue weighted by Crippen LogP contribution is 2.34. The van der Waals surface area contributed by atoms with Gasteiger partial charge in [0.1, 0.15) is 0 Å². The molecule has 1 aromatic heterocycles. The van der Waals surface area contributed by atoms with Gasteiger partial charge in [-0.15, -0.1) is 0 Å². The maximum Gasteiger partial charge on any atom is 0.312 e. The molecule has 4 rings (SSSR count). The zero-order chi connectivity index (χ0) is 17.4. The maximum atomic E-state index is 12.0. The van der Waals surface area contributed by atoms with E-state index in [-0.39, 0.29) is 11.9 Å². The first-order valence-corrected chi connectivity index (χ1v) is 9.45. The SMILES string of the molecule is Cn1cc(CN2CCN3C(=O)C(=O)NC[C@@H]3C2)c(C2CCCCC2)n1. The molecule has 7 heteroatoms.